The molecule has 0 unspecified atom stereocenters. The number of rotatable bonds is 5. The van der Waals surface area contributed by atoms with Gasteiger partial charge in [-0.2, -0.15) is 0 Å². The molecule has 0 radical (unpaired) electrons. The summed E-state index contributed by atoms with van der Waals surface area (Å²) in [6.45, 7) is 2.04. The first-order valence-corrected chi connectivity index (χ1v) is 8.46. The van der Waals surface area contributed by atoms with Gasteiger partial charge in [-0.3, -0.25) is 4.72 Å². The molecule has 6 heteroatoms. The zero-order valence-electron chi connectivity index (χ0n) is 11.6. The van der Waals surface area contributed by atoms with E-state index >= 15 is 0 Å². The minimum absolute atomic E-state index is 0.0181. The molecule has 0 aliphatic carbocycles. The van der Waals surface area contributed by atoms with Crippen LogP contribution in [-0.4, -0.2) is 8.42 Å². The van der Waals surface area contributed by atoms with Crippen molar-refractivity contribution in [3.8, 4) is 0 Å². The van der Waals surface area contributed by atoms with Crippen molar-refractivity contribution in [2.45, 2.75) is 24.7 Å². The number of nitrogens with two attached hydrogens (primary N) is 1. The van der Waals surface area contributed by atoms with Crippen LogP contribution in [0.1, 0.15) is 18.9 Å². The Hall–Kier alpha value is -1.72. The zero-order valence-corrected chi connectivity index (χ0v) is 13.2. The first-order valence-electron chi connectivity index (χ1n) is 6.60. The van der Waals surface area contributed by atoms with Gasteiger partial charge in [0.05, 0.1) is 10.7 Å². The standard InChI is InChI=1S/C15H17ClN2O2S/c1-2-5-11-6-3-4-7-14(11)18-21(19,20)15-10-12(17)8-9-13(15)16/h3-4,6-10,18H,2,5,17H2,1H3. The van der Waals surface area contributed by atoms with E-state index in [-0.39, 0.29) is 9.92 Å². The van der Waals surface area contributed by atoms with Gasteiger partial charge in [-0.05, 0) is 36.2 Å². The molecule has 0 aromatic heterocycles. The number of nitrogens with one attached hydrogen (secondary N) is 1. The molecule has 3 N–H and O–H groups in total. The number of aryl methyl sites for hydroxylation is 1. The largest absolute Gasteiger partial charge is 0.399 e. The van der Waals surface area contributed by atoms with Crippen LogP contribution in [0.3, 0.4) is 0 Å². The average molecular weight is 325 g/mol. The van der Waals surface area contributed by atoms with Crippen LogP contribution >= 0.6 is 11.6 Å². The number of halogens is 1. The van der Waals surface area contributed by atoms with Crippen LogP contribution in [0.4, 0.5) is 11.4 Å². The normalized spacial score (nSPS) is 11.3. The highest BCUT2D eigenvalue weighted by Gasteiger charge is 2.19. The Morgan fingerprint density at radius 3 is 2.62 bits per heavy atom. The van der Waals surface area contributed by atoms with E-state index in [1.54, 1.807) is 18.2 Å². The molecular weight excluding hydrogens is 308 g/mol. The Morgan fingerprint density at radius 1 is 1.19 bits per heavy atom. The fourth-order valence-electron chi connectivity index (χ4n) is 2.03. The van der Waals surface area contributed by atoms with Crippen LogP contribution < -0.4 is 10.5 Å². The predicted octanol–water partition coefficient (Wildman–Crippen LogP) is 3.68. The van der Waals surface area contributed by atoms with Gasteiger partial charge in [0.25, 0.3) is 10.0 Å². The molecule has 0 aliphatic heterocycles. The highest BCUT2D eigenvalue weighted by molar-refractivity contribution is 7.92. The summed E-state index contributed by atoms with van der Waals surface area (Å²) in [7, 11) is -3.77. The van der Waals surface area contributed by atoms with Crippen molar-refractivity contribution in [1.29, 1.82) is 0 Å². The SMILES string of the molecule is CCCc1ccccc1NS(=O)(=O)c1cc(N)ccc1Cl. The van der Waals surface area contributed by atoms with Crippen molar-refractivity contribution in [3.63, 3.8) is 0 Å². The summed E-state index contributed by atoms with van der Waals surface area (Å²) < 4.78 is 27.5. The van der Waals surface area contributed by atoms with Gasteiger partial charge in [0, 0.05) is 5.69 Å². The van der Waals surface area contributed by atoms with Crippen LogP contribution in [0.2, 0.25) is 5.02 Å². The molecule has 0 aliphatic rings. The van der Waals surface area contributed by atoms with Gasteiger partial charge in [0.1, 0.15) is 4.90 Å². The highest BCUT2D eigenvalue weighted by Crippen LogP contribution is 2.27. The van der Waals surface area contributed by atoms with E-state index < -0.39 is 10.0 Å². The van der Waals surface area contributed by atoms with Gasteiger partial charge in [0.15, 0.2) is 0 Å². The summed E-state index contributed by atoms with van der Waals surface area (Å²) in [4.78, 5) is -0.0181. The molecule has 4 nitrogen and oxygen atoms in total. The van der Waals surface area contributed by atoms with Crippen LogP contribution in [0.15, 0.2) is 47.4 Å². The lowest BCUT2D eigenvalue weighted by atomic mass is 10.1. The number of hydrogen-bond acceptors (Lipinski definition) is 3. The average Bonchev–Trinajstić information content (AvgIpc) is 2.43. The summed E-state index contributed by atoms with van der Waals surface area (Å²) in [5, 5.41) is 0.143. The molecule has 0 saturated carbocycles. The maximum Gasteiger partial charge on any atom is 0.263 e. The van der Waals surface area contributed by atoms with Crippen LogP contribution in [0.5, 0.6) is 0 Å². The van der Waals surface area contributed by atoms with Crippen molar-refractivity contribution in [3.05, 3.63) is 53.1 Å². The predicted molar refractivity (Wildman–Crippen MR) is 87.1 cm³/mol. The zero-order chi connectivity index (χ0) is 15.5. The van der Waals surface area contributed by atoms with Crippen LogP contribution in [0.25, 0.3) is 0 Å². The Kier molecular flexibility index (Phi) is 4.75. The Labute approximate surface area is 130 Å². The third kappa shape index (κ3) is 3.68. The topological polar surface area (TPSA) is 72.2 Å². The Bertz CT molecular complexity index is 745. The maximum atomic E-state index is 12.5. The van der Waals surface area contributed by atoms with Gasteiger partial charge in [-0.25, -0.2) is 8.42 Å². The second kappa shape index (κ2) is 6.37. The van der Waals surface area contributed by atoms with E-state index in [0.29, 0.717) is 11.4 Å². The molecular formula is C15H17ClN2O2S. The van der Waals surface area contributed by atoms with Crippen molar-refractivity contribution in [2.24, 2.45) is 0 Å². The van der Waals surface area contributed by atoms with Gasteiger partial charge in [0.2, 0.25) is 0 Å². The summed E-state index contributed by atoms with van der Waals surface area (Å²) in [5.41, 5.74) is 7.51. The first-order chi connectivity index (χ1) is 9.94. The molecule has 0 bridgehead atoms. The van der Waals surface area contributed by atoms with Crippen molar-refractivity contribution in [1.82, 2.24) is 0 Å². The van der Waals surface area contributed by atoms with Crippen LogP contribution in [0, 0.1) is 0 Å². The second-order valence-electron chi connectivity index (χ2n) is 4.70. The van der Waals surface area contributed by atoms with Crippen molar-refractivity contribution >= 4 is 33.0 Å². The van der Waals surface area contributed by atoms with E-state index in [2.05, 4.69) is 4.72 Å². The van der Waals surface area contributed by atoms with E-state index in [0.717, 1.165) is 18.4 Å². The Balaban J connectivity index is 2.40. The Morgan fingerprint density at radius 2 is 1.90 bits per heavy atom. The van der Waals surface area contributed by atoms with Gasteiger partial charge in [-0.1, -0.05) is 43.1 Å². The van der Waals surface area contributed by atoms with Gasteiger partial charge >= 0.3 is 0 Å². The van der Waals surface area contributed by atoms with E-state index in [1.807, 2.05) is 19.1 Å². The van der Waals surface area contributed by atoms with Crippen LogP contribution in [-0.2, 0) is 16.4 Å². The number of hydrogen-bond donors (Lipinski definition) is 2. The molecule has 0 atom stereocenters. The molecule has 2 aromatic carbocycles. The molecule has 0 amide bonds. The summed E-state index contributed by atoms with van der Waals surface area (Å²) in [5.74, 6) is 0. The molecule has 0 saturated heterocycles. The van der Waals surface area contributed by atoms with Crippen molar-refractivity contribution in [2.75, 3.05) is 10.5 Å². The summed E-state index contributed by atoms with van der Waals surface area (Å²) in [6.07, 6.45) is 1.72. The first kappa shape index (κ1) is 15.7. The maximum absolute atomic E-state index is 12.5. The number of para-hydroxylation sites is 1. The molecule has 2 rings (SSSR count). The lowest BCUT2D eigenvalue weighted by Crippen LogP contribution is -2.15. The lowest BCUT2D eigenvalue weighted by Gasteiger charge is -2.13. The van der Waals surface area contributed by atoms with Gasteiger partial charge in [-0.15, -0.1) is 0 Å². The monoisotopic (exact) mass is 324 g/mol. The number of nitrogen functional groups attached to an aromatic ring is 1. The summed E-state index contributed by atoms with van der Waals surface area (Å²) >= 11 is 5.97. The quantitative estimate of drug-likeness (QED) is 0.824. The highest BCUT2D eigenvalue weighted by atomic mass is 35.5. The number of benzene rings is 2. The third-order valence-corrected chi connectivity index (χ3v) is 4.87. The lowest BCUT2D eigenvalue weighted by molar-refractivity contribution is 0.601. The fourth-order valence-corrected chi connectivity index (χ4v) is 3.67. The minimum Gasteiger partial charge on any atom is -0.399 e. The minimum atomic E-state index is -3.77. The number of anilines is 2. The third-order valence-electron chi connectivity index (χ3n) is 3.03. The van der Waals surface area contributed by atoms with E-state index in [9.17, 15) is 8.42 Å². The van der Waals surface area contributed by atoms with E-state index in [4.69, 9.17) is 17.3 Å². The molecule has 0 fully saturated rings. The molecule has 0 spiro atoms. The number of sulfonamides is 1. The van der Waals surface area contributed by atoms with Gasteiger partial charge < -0.3 is 5.73 Å². The van der Waals surface area contributed by atoms with Crippen molar-refractivity contribution < 1.29 is 8.42 Å². The fraction of sp³-hybridized carbons (Fsp3) is 0.200. The summed E-state index contributed by atoms with van der Waals surface area (Å²) in [6, 6.07) is 11.7. The van der Waals surface area contributed by atoms with E-state index in [1.165, 1.54) is 12.1 Å². The molecule has 112 valence electrons. The molecule has 0 heterocycles. The smallest absolute Gasteiger partial charge is 0.263 e. The molecule has 2 aromatic rings. The molecule has 21 heavy (non-hydrogen) atoms. The second-order valence-corrected chi connectivity index (χ2v) is 6.76.